The van der Waals surface area contributed by atoms with E-state index in [-0.39, 0.29) is 11.6 Å². The summed E-state index contributed by atoms with van der Waals surface area (Å²) < 4.78 is 13.0. The Bertz CT molecular complexity index is 723. The SMILES string of the molecule is Oc1ccc(C(O)CN2C[C@H]3C[C@H](Sc4ccc(F)cc4)C[C@H]3C2)cc1. The summed E-state index contributed by atoms with van der Waals surface area (Å²) >= 11 is 1.87. The number of fused-ring (bicyclic) bond motifs is 1. The molecular formula is C21H24FNO2S. The smallest absolute Gasteiger partial charge is 0.123 e. The van der Waals surface area contributed by atoms with Gasteiger partial charge in [0.1, 0.15) is 11.6 Å². The van der Waals surface area contributed by atoms with Crippen LogP contribution in [0.25, 0.3) is 0 Å². The van der Waals surface area contributed by atoms with Crippen molar-refractivity contribution < 1.29 is 14.6 Å². The van der Waals surface area contributed by atoms with Crippen molar-refractivity contribution in [3.05, 3.63) is 59.9 Å². The maximum absolute atomic E-state index is 13.0. The lowest BCUT2D eigenvalue weighted by molar-refractivity contribution is 0.122. The fourth-order valence-corrected chi connectivity index (χ4v) is 5.70. The molecule has 1 aliphatic carbocycles. The lowest BCUT2D eigenvalue weighted by Crippen LogP contribution is -2.28. The summed E-state index contributed by atoms with van der Waals surface area (Å²) in [5, 5.41) is 20.4. The monoisotopic (exact) mass is 373 g/mol. The molecule has 1 heterocycles. The number of aliphatic hydroxyl groups excluding tert-OH is 1. The number of benzene rings is 2. The molecule has 2 N–H and O–H groups in total. The minimum Gasteiger partial charge on any atom is -0.508 e. The van der Waals surface area contributed by atoms with Crippen molar-refractivity contribution in [2.75, 3.05) is 19.6 Å². The summed E-state index contributed by atoms with van der Waals surface area (Å²) in [5.41, 5.74) is 0.851. The van der Waals surface area contributed by atoms with Gasteiger partial charge in [0.25, 0.3) is 0 Å². The van der Waals surface area contributed by atoms with Crippen LogP contribution in [0.3, 0.4) is 0 Å². The van der Waals surface area contributed by atoms with E-state index in [0.717, 1.165) is 23.5 Å². The van der Waals surface area contributed by atoms with Gasteiger partial charge in [0.15, 0.2) is 0 Å². The zero-order valence-electron chi connectivity index (χ0n) is 14.6. The first kappa shape index (κ1) is 17.8. The lowest BCUT2D eigenvalue weighted by atomic mass is 10.0. The van der Waals surface area contributed by atoms with Gasteiger partial charge < -0.3 is 10.2 Å². The predicted octanol–water partition coefficient (Wildman–Crippen LogP) is 4.07. The first-order valence-electron chi connectivity index (χ1n) is 9.18. The standard InChI is InChI=1S/C21H24FNO2S/c22-17-3-7-19(8-4-17)26-20-9-15-11-23(12-16(15)10-20)13-21(25)14-1-5-18(24)6-2-14/h1-8,15-16,20-21,24-25H,9-13H2/t15-,16+,20+,21?. The summed E-state index contributed by atoms with van der Waals surface area (Å²) in [4.78, 5) is 3.52. The quantitative estimate of drug-likeness (QED) is 0.829. The van der Waals surface area contributed by atoms with Gasteiger partial charge in [-0.05, 0) is 66.6 Å². The van der Waals surface area contributed by atoms with Gasteiger partial charge in [-0.3, -0.25) is 4.90 Å². The Labute approximate surface area is 157 Å². The summed E-state index contributed by atoms with van der Waals surface area (Å²) in [6.07, 6.45) is 1.87. The van der Waals surface area contributed by atoms with Crippen LogP contribution in [0.1, 0.15) is 24.5 Å². The van der Waals surface area contributed by atoms with Crippen molar-refractivity contribution in [1.29, 1.82) is 0 Å². The van der Waals surface area contributed by atoms with E-state index in [9.17, 15) is 14.6 Å². The van der Waals surface area contributed by atoms with Gasteiger partial charge in [0, 0.05) is 29.8 Å². The van der Waals surface area contributed by atoms with Crippen molar-refractivity contribution in [1.82, 2.24) is 4.90 Å². The number of hydrogen-bond acceptors (Lipinski definition) is 4. The van der Waals surface area contributed by atoms with Crippen LogP contribution in [0.5, 0.6) is 5.75 Å². The third kappa shape index (κ3) is 4.05. The number of aliphatic hydroxyl groups is 1. The van der Waals surface area contributed by atoms with E-state index in [1.165, 1.54) is 25.0 Å². The van der Waals surface area contributed by atoms with Crippen molar-refractivity contribution in [3.8, 4) is 5.75 Å². The molecule has 2 aliphatic rings. The maximum atomic E-state index is 13.0. The Balaban J connectivity index is 1.28. The number of aromatic hydroxyl groups is 1. The van der Waals surface area contributed by atoms with Crippen LogP contribution in [-0.4, -0.2) is 40.0 Å². The van der Waals surface area contributed by atoms with Crippen LogP contribution in [0.4, 0.5) is 4.39 Å². The van der Waals surface area contributed by atoms with Crippen LogP contribution in [-0.2, 0) is 0 Å². The largest absolute Gasteiger partial charge is 0.508 e. The van der Waals surface area contributed by atoms with Gasteiger partial charge in [0.2, 0.25) is 0 Å². The number of nitrogens with zero attached hydrogens (tertiary/aromatic N) is 1. The first-order chi connectivity index (χ1) is 12.6. The van der Waals surface area contributed by atoms with E-state index >= 15 is 0 Å². The molecule has 26 heavy (non-hydrogen) atoms. The van der Waals surface area contributed by atoms with Gasteiger partial charge in [-0.25, -0.2) is 4.39 Å². The molecule has 1 saturated heterocycles. The number of β-amino-alcohol motifs (C(OH)–C–C–N with tert-alkyl or cyclic N) is 1. The summed E-state index contributed by atoms with van der Waals surface area (Å²) in [6, 6.07) is 13.6. The van der Waals surface area contributed by atoms with Gasteiger partial charge >= 0.3 is 0 Å². The topological polar surface area (TPSA) is 43.7 Å². The second-order valence-electron chi connectivity index (χ2n) is 7.51. The van der Waals surface area contributed by atoms with Crippen LogP contribution in [0.2, 0.25) is 0 Å². The van der Waals surface area contributed by atoms with Gasteiger partial charge in [-0.1, -0.05) is 12.1 Å². The number of rotatable bonds is 5. The molecule has 0 aromatic heterocycles. The molecular weight excluding hydrogens is 349 g/mol. The second-order valence-corrected chi connectivity index (χ2v) is 8.88. The molecule has 2 aromatic carbocycles. The van der Waals surface area contributed by atoms with E-state index in [4.69, 9.17) is 0 Å². The molecule has 5 heteroatoms. The maximum Gasteiger partial charge on any atom is 0.123 e. The highest BCUT2D eigenvalue weighted by Gasteiger charge is 2.41. The predicted molar refractivity (Wildman–Crippen MR) is 102 cm³/mol. The van der Waals surface area contributed by atoms with E-state index in [2.05, 4.69) is 4.90 Å². The first-order valence-corrected chi connectivity index (χ1v) is 10.1. The van der Waals surface area contributed by atoms with Gasteiger partial charge in [-0.2, -0.15) is 0 Å². The highest BCUT2D eigenvalue weighted by Crippen LogP contribution is 2.45. The molecule has 1 saturated carbocycles. The molecule has 1 unspecified atom stereocenters. The molecule has 0 spiro atoms. The number of hydrogen-bond donors (Lipinski definition) is 2. The molecule has 3 nitrogen and oxygen atoms in total. The third-order valence-electron chi connectivity index (χ3n) is 5.61. The van der Waals surface area contributed by atoms with Crippen LogP contribution in [0.15, 0.2) is 53.4 Å². The van der Waals surface area contributed by atoms with Crippen LogP contribution < -0.4 is 0 Å². The highest BCUT2D eigenvalue weighted by atomic mass is 32.2. The van der Waals surface area contributed by atoms with Gasteiger partial charge in [0.05, 0.1) is 6.10 Å². The van der Waals surface area contributed by atoms with Crippen molar-refractivity contribution >= 4 is 11.8 Å². The minimum absolute atomic E-state index is 0.180. The fourth-order valence-electron chi connectivity index (χ4n) is 4.34. The number of phenols is 1. The average Bonchev–Trinajstić information content (AvgIpc) is 3.15. The van der Waals surface area contributed by atoms with Crippen LogP contribution in [0, 0.1) is 17.7 Å². The normalized spacial score (nSPS) is 26.8. The van der Waals surface area contributed by atoms with Crippen molar-refractivity contribution in [3.63, 3.8) is 0 Å². The summed E-state index contributed by atoms with van der Waals surface area (Å²) in [7, 11) is 0. The van der Waals surface area contributed by atoms with Gasteiger partial charge in [-0.15, -0.1) is 11.8 Å². The Morgan fingerprint density at radius 1 is 1.00 bits per heavy atom. The Morgan fingerprint density at radius 2 is 1.62 bits per heavy atom. The van der Waals surface area contributed by atoms with E-state index in [1.54, 1.807) is 24.3 Å². The molecule has 4 atom stereocenters. The number of likely N-dealkylation sites (tertiary alicyclic amines) is 1. The zero-order valence-corrected chi connectivity index (χ0v) is 15.4. The van der Waals surface area contributed by atoms with E-state index < -0.39 is 6.10 Å². The highest BCUT2D eigenvalue weighted by molar-refractivity contribution is 8.00. The van der Waals surface area contributed by atoms with E-state index in [0.29, 0.717) is 23.6 Å². The molecule has 138 valence electrons. The molecule has 0 radical (unpaired) electrons. The zero-order chi connectivity index (χ0) is 18.1. The van der Waals surface area contributed by atoms with Crippen molar-refractivity contribution in [2.24, 2.45) is 11.8 Å². The van der Waals surface area contributed by atoms with Crippen molar-refractivity contribution in [2.45, 2.75) is 29.1 Å². The average molecular weight is 373 g/mol. The Morgan fingerprint density at radius 3 is 2.23 bits per heavy atom. The minimum atomic E-state index is -0.515. The summed E-state index contributed by atoms with van der Waals surface area (Å²) in [6.45, 7) is 2.73. The summed E-state index contributed by atoms with van der Waals surface area (Å²) in [5.74, 6) is 1.43. The van der Waals surface area contributed by atoms with E-state index in [1.807, 2.05) is 23.9 Å². The van der Waals surface area contributed by atoms with Crippen LogP contribution >= 0.6 is 11.8 Å². The Hall–Kier alpha value is -1.56. The number of thioether (sulfide) groups is 1. The molecule has 2 fully saturated rings. The molecule has 2 aromatic rings. The fraction of sp³-hybridized carbons (Fsp3) is 0.429. The molecule has 4 rings (SSSR count). The molecule has 1 aliphatic heterocycles. The molecule has 0 bridgehead atoms. The number of halogens is 1. The molecule has 0 amide bonds. The lowest BCUT2D eigenvalue weighted by Gasteiger charge is -2.22. The number of phenolic OH excluding ortho intramolecular Hbond substituents is 1. The second kappa shape index (κ2) is 7.59. The third-order valence-corrected chi connectivity index (χ3v) is 6.87. The Kier molecular flexibility index (Phi) is 5.20.